The molecule has 2 rings (SSSR count). The fraction of sp³-hybridized carbons (Fsp3) is 0.600. The van der Waals surface area contributed by atoms with Crippen LogP contribution >= 0.6 is 0 Å². The van der Waals surface area contributed by atoms with Crippen molar-refractivity contribution >= 4 is 0 Å². The van der Waals surface area contributed by atoms with Gasteiger partial charge in [0.25, 0.3) is 0 Å². The third-order valence-electron chi connectivity index (χ3n) is 3.89. The highest BCUT2D eigenvalue weighted by Gasteiger charge is 2.23. The van der Waals surface area contributed by atoms with Crippen LogP contribution < -0.4 is 0 Å². The second-order valence-electron chi connectivity index (χ2n) is 5.44. The molecule has 0 radical (unpaired) electrons. The number of aromatic nitrogens is 1. The van der Waals surface area contributed by atoms with Crippen LogP contribution in [0.15, 0.2) is 12.3 Å². The Labute approximate surface area is 109 Å². The van der Waals surface area contributed by atoms with Gasteiger partial charge >= 0.3 is 0 Å². The molecule has 0 spiro atoms. The lowest BCUT2D eigenvalue weighted by molar-refractivity contribution is 0.170. The molecule has 0 amide bonds. The van der Waals surface area contributed by atoms with Gasteiger partial charge in [-0.25, -0.2) is 0 Å². The van der Waals surface area contributed by atoms with Crippen LogP contribution in [0.1, 0.15) is 49.4 Å². The summed E-state index contributed by atoms with van der Waals surface area (Å²) in [5.74, 6) is 0.563. The summed E-state index contributed by atoms with van der Waals surface area (Å²) in [5, 5.41) is 8.86. The van der Waals surface area contributed by atoms with Crippen LogP contribution in [-0.4, -0.2) is 29.0 Å². The van der Waals surface area contributed by atoms with Gasteiger partial charge in [0.2, 0.25) is 0 Å². The van der Waals surface area contributed by atoms with E-state index in [0.717, 1.165) is 18.7 Å². The maximum absolute atomic E-state index is 8.86. The summed E-state index contributed by atoms with van der Waals surface area (Å²) in [6, 6.07) is 4.74. The zero-order valence-corrected chi connectivity index (χ0v) is 11.5. The van der Waals surface area contributed by atoms with Crippen molar-refractivity contribution in [3.05, 3.63) is 29.1 Å². The smallest absolute Gasteiger partial charge is 0.101 e. The van der Waals surface area contributed by atoms with E-state index in [1.807, 2.05) is 6.07 Å². The van der Waals surface area contributed by atoms with Crippen molar-refractivity contribution in [3.63, 3.8) is 0 Å². The number of likely N-dealkylation sites (tertiary alicyclic amines) is 1. The molecule has 1 aliphatic heterocycles. The van der Waals surface area contributed by atoms with E-state index in [1.165, 1.54) is 18.5 Å². The van der Waals surface area contributed by atoms with Crippen molar-refractivity contribution in [2.24, 2.45) is 0 Å². The molecule has 0 bridgehead atoms. The monoisotopic (exact) mass is 243 g/mol. The minimum absolute atomic E-state index is 0.563. The van der Waals surface area contributed by atoms with Crippen molar-refractivity contribution in [1.29, 1.82) is 5.26 Å². The molecule has 96 valence electrons. The average molecular weight is 243 g/mol. The Kier molecular flexibility index (Phi) is 3.98. The molecule has 0 saturated carbocycles. The van der Waals surface area contributed by atoms with Gasteiger partial charge in [-0.15, -0.1) is 0 Å². The van der Waals surface area contributed by atoms with Crippen LogP contribution in [0.25, 0.3) is 0 Å². The first-order valence-corrected chi connectivity index (χ1v) is 6.72. The summed E-state index contributed by atoms with van der Waals surface area (Å²) in [4.78, 5) is 7.02. The molecule has 3 heteroatoms. The van der Waals surface area contributed by atoms with Crippen molar-refractivity contribution < 1.29 is 0 Å². The van der Waals surface area contributed by atoms with Gasteiger partial charge in [0.1, 0.15) is 6.07 Å². The van der Waals surface area contributed by atoms with E-state index in [1.54, 1.807) is 6.20 Å². The molecular formula is C15H21N3. The quantitative estimate of drug-likeness (QED) is 0.802. The van der Waals surface area contributed by atoms with Crippen LogP contribution in [0, 0.1) is 18.3 Å². The molecular weight excluding hydrogens is 222 g/mol. The first kappa shape index (κ1) is 13.0. The predicted octanol–water partition coefficient (Wildman–Crippen LogP) is 2.85. The van der Waals surface area contributed by atoms with Gasteiger partial charge in [-0.2, -0.15) is 5.26 Å². The molecule has 0 aliphatic carbocycles. The summed E-state index contributed by atoms with van der Waals surface area (Å²) in [7, 11) is 0. The number of aryl methyl sites for hydroxylation is 1. The molecule has 1 fully saturated rings. The van der Waals surface area contributed by atoms with E-state index >= 15 is 0 Å². The van der Waals surface area contributed by atoms with Gasteiger partial charge in [-0.05, 0) is 58.3 Å². The van der Waals surface area contributed by atoms with Gasteiger partial charge < -0.3 is 4.90 Å². The Bertz CT molecular complexity index is 451. The zero-order valence-electron chi connectivity index (χ0n) is 11.5. The van der Waals surface area contributed by atoms with Gasteiger partial charge in [0.15, 0.2) is 0 Å². The normalized spacial score (nSPS) is 17.9. The lowest BCUT2D eigenvalue weighted by Crippen LogP contribution is -2.38. The first-order chi connectivity index (χ1) is 8.61. The molecule has 1 aliphatic rings. The highest BCUT2D eigenvalue weighted by atomic mass is 15.1. The summed E-state index contributed by atoms with van der Waals surface area (Å²) < 4.78 is 0. The summed E-state index contributed by atoms with van der Waals surface area (Å²) >= 11 is 0. The van der Waals surface area contributed by atoms with Crippen LogP contribution in [0.4, 0.5) is 0 Å². The largest absolute Gasteiger partial charge is 0.301 e. The highest BCUT2D eigenvalue weighted by molar-refractivity contribution is 5.33. The molecule has 0 N–H and O–H groups in total. The van der Waals surface area contributed by atoms with E-state index in [2.05, 4.69) is 36.7 Å². The second-order valence-corrected chi connectivity index (χ2v) is 5.44. The minimum atomic E-state index is 0.563. The van der Waals surface area contributed by atoms with Gasteiger partial charge in [-0.3, -0.25) is 4.98 Å². The van der Waals surface area contributed by atoms with E-state index in [-0.39, 0.29) is 0 Å². The minimum Gasteiger partial charge on any atom is -0.301 e. The van der Waals surface area contributed by atoms with Gasteiger partial charge in [-0.1, -0.05) is 0 Å². The summed E-state index contributed by atoms with van der Waals surface area (Å²) in [6.07, 6.45) is 4.06. The summed E-state index contributed by atoms with van der Waals surface area (Å²) in [6.45, 7) is 8.89. The molecule has 1 aromatic heterocycles. The van der Waals surface area contributed by atoms with E-state index in [4.69, 9.17) is 5.26 Å². The molecule has 0 atom stereocenters. The molecule has 2 heterocycles. The Morgan fingerprint density at radius 1 is 1.39 bits per heavy atom. The topological polar surface area (TPSA) is 39.9 Å². The molecule has 3 nitrogen and oxygen atoms in total. The lowest BCUT2D eigenvalue weighted by atomic mass is 9.90. The number of rotatable bonds is 2. The number of piperidine rings is 1. The highest BCUT2D eigenvalue weighted by Crippen LogP contribution is 2.29. The van der Waals surface area contributed by atoms with Crippen molar-refractivity contribution in [2.45, 2.75) is 45.6 Å². The number of pyridine rings is 1. The fourth-order valence-electron chi connectivity index (χ4n) is 2.76. The first-order valence-electron chi connectivity index (χ1n) is 6.72. The molecule has 18 heavy (non-hydrogen) atoms. The van der Waals surface area contributed by atoms with Crippen LogP contribution in [0.3, 0.4) is 0 Å². The van der Waals surface area contributed by atoms with Crippen molar-refractivity contribution in [1.82, 2.24) is 9.88 Å². The molecule has 1 aromatic rings. The van der Waals surface area contributed by atoms with Gasteiger partial charge in [0.05, 0.1) is 5.56 Å². The third-order valence-corrected chi connectivity index (χ3v) is 3.89. The second kappa shape index (κ2) is 5.49. The maximum atomic E-state index is 8.86. The van der Waals surface area contributed by atoms with Crippen molar-refractivity contribution in [3.8, 4) is 6.07 Å². The fourth-order valence-corrected chi connectivity index (χ4v) is 2.76. The Hall–Kier alpha value is -1.40. The predicted molar refractivity (Wildman–Crippen MR) is 72.4 cm³/mol. The number of hydrogen-bond acceptors (Lipinski definition) is 3. The lowest BCUT2D eigenvalue weighted by Gasteiger charge is -2.34. The van der Waals surface area contributed by atoms with Crippen LogP contribution in [0.2, 0.25) is 0 Å². The Morgan fingerprint density at radius 2 is 2.06 bits per heavy atom. The molecule has 0 aromatic carbocycles. The van der Waals surface area contributed by atoms with E-state index in [9.17, 15) is 0 Å². The number of nitriles is 1. The molecule has 1 saturated heterocycles. The van der Waals surface area contributed by atoms with E-state index in [0.29, 0.717) is 17.5 Å². The maximum Gasteiger partial charge on any atom is 0.101 e. The Morgan fingerprint density at radius 3 is 2.56 bits per heavy atom. The van der Waals surface area contributed by atoms with E-state index < -0.39 is 0 Å². The average Bonchev–Trinajstić information content (AvgIpc) is 2.38. The standard InChI is InChI=1S/C15H21N3/c1-11(2)18-6-4-14(5-7-18)15-12(3)8-13(9-16)10-17-15/h8,10-11,14H,4-7H2,1-3H3. The molecule has 0 unspecified atom stereocenters. The summed E-state index contributed by atoms with van der Waals surface area (Å²) in [5.41, 5.74) is 3.02. The third kappa shape index (κ3) is 2.70. The van der Waals surface area contributed by atoms with Crippen LogP contribution in [0.5, 0.6) is 0 Å². The number of nitrogens with zero attached hydrogens (tertiary/aromatic N) is 3. The SMILES string of the molecule is Cc1cc(C#N)cnc1C1CCN(C(C)C)CC1. The number of hydrogen-bond donors (Lipinski definition) is 0. The zero-order chi connectivity index (χ0) is 13.1. The van der Waals surface area contributed by atoms with Crippen LogP contribution in [-0.2, 0) is 0 Å². The van der Waals surface area contributed by atoms with Crippen molar-refractivity contribution in [2.75, 3.05) is 13.1 Å². The Balaban J connectivity index is 2.08. The van der Waals surface area contributed by atoms with Gasteiger partial charge in [0, 0.05) is 23.9 Å².